The Labute approximate surface area is 248 Å². The van der Waals surface area contributed by atoms with Gasteiger partial charge in [0.1, 0.15) is 30.3 Å². The van der Waals surface area contributed by atoms with E-state index in [4.69, 9.17) is 25.8 Å². The molecule has 0 saturated carbocycles. The highest BCUT2D eigenvalue weighted by molar-refractivity contribution is 7.91. The summed E-state index contributed by atoms with van der Waals surface area (Å²) in [7, 11) is -3.22. The average molecular weight is 613 g/mol. The van der Waals surface area contributed by atoms with Gasteiger partial charge in [-0.2, -0.15) is 0 Å². The van der Waals surface area contributed by atoms with Gasteiger partial charge in [-0.15, -0.1) is 0 Å². The van der Waals surface area contributed by atoms with Crippen molar-refractivity contribution in [2.45, 2.75) is 37.7 Å². The summed E-state index contributed by atoms with van der Waals surface area (Å²) in [6.45, 7) is 3.65. The summed E-state index contributed by atoms with van der Waals surface area (Å²) in [6, 6.07) is 13.3. The molecule has 0 bridgehead atoms. The first-order valence-corrected chi connectivity index (χ1v) is 15.4. The van der Waals surface area contributed by atoms with Crippen LogP contribution in [0, 0.1) is 5.82 Å². The lowest BCUT2D eigenvalue weighted by molar-refractivity contribution is -0.0446. The number of nitrogens with zero attached hydrogens (tertiary/aromatic N) is 3. The molecule has 12 heteroatoms. The molecular formula is C30H30ClFN4O5S. The summed E-state index contributed by atoms with van der Waals surface area (Å²) in [5.41, 5.74) is 1.66. The maximum atomic E-state index is 13.5. The van der Waals surface area contributed by atoms with Crippen LogP contribution in [0.4, 0.5) is 15.9 Å². The Morgan fingerprint density at radius 2 is 2.00 bits per heavy atom. The van der Waals surface area contributed by atoms with Crippen molar-refractivity contribution in [3.63, 3.8) is 0 Å². The van der Waals surface area contributed by atoms with Gasteiger partial charge in [-0.25, -0.2) is 22.8 Å². The van der Waals surface area contributed by atoms with Crippen molar-refractivity contribution in [1.82, 2.24) is 15.0 Å². The van der Waals surface area contributed by atoms with E-state index in [0.29, 0.717) is 50.9 Å². The van der Waals surface area contributed by atoms with Crippen molar-refractivity contribution in [2.75, 3.05) is 24.3 Å². The number of benzene rings is 2. The van der Waals surface area contributed by atoms with Gasteiger partial charge in [0.25, 0.3) is 0 Å². The van der Waals surface area contributed by atoms with Gasteiger partial charge < -0.3 is 19.5 Å². The zero-order valence-corrected chi connectivity index (χ0v) is 24.7. The standard InChI is InChI=1S/C30H30ClFN4O5S/c1-20(2)42(37,38)12-11-39-18-30(9-4-10-41-30)28-15-24-26(16-33-28)34-19-35-29(24)36-23-7-8-27(25(31)14-23)40-17-21-5-3-6-22(32)13-21/h3-8,10,13-16,19-20H,9,11-12,17-18H2,1-2H3,(H,34,35,36). The summed E-state index contributed by atoms with van der Waals surface area (Å²) in [6.07, 6.45) is 7.05. The number of hydrogen-bond acceptors (Lipinski definition) is 9. The van der Waals surface area contributed by atoms with Crippen molar-refractivity contribution in [3.8, 4) is 5.75 Å². The molecule has 42 heavy (non-hydrogen) atoms. The van der Waals surface area contributed by atoms with Crippen LogP contribution in [-0.2, 0) is 31.5 Å². The molecule has 9 nitrogen and oxygen atoms in total. The molecule has 0 radical (unpaired) electrons. The fourth-order valence-electron chi connectivity index (χ4n) is 4.37. The second kappa shape index (κ2) is 12.6. The number of pyridine rings is 1. The number of sulfone groups is 1. The van der Waals surface area contributed by atoms with Crippen molar-refractivity contribution in [3.05, 3.63) is 95.5 Å². The van der Waals surface area contributed by atoms with Crippen LogP contribution in [0.3, 0.4) is 0 Å². The predicted octanol–water partition coefficient (Wildman–Crippen LogP) is 6.11. The van der Waals surface area contributed by atoms with Gasteiger partial charge in [0.2, 0.25) is 0 Å². The lowest BCUT2D eigenvalue weighted by atomic mass is 9.96. The molecule has 0 fully saturated rings. The lowest BCUT2D eigenvalue weighted by Gasteiger charge is -2.28. The number of anilines is 2. The van der Waals surface area contributed by atoms with Crippen LogP contribution < -0.4 is 10.1 Å². The van der Waals surface area contributed by atoms with E-state index in [9.17, 15) is 12.8 Å². The van der Waals surface area contributed by atoms with Gasteiger partial charge >= 0.3 is 0 Å². The third kappa shape index (κ3) is 6.80. The fraction of sp³-hybridized carbons (Fsp3) is 0.300. The summed E-state index contributed by atoms with van der Waals surface area (Å²) < 4.78 is 55.4. The van der Waals surface area contributed by atoms with Crippen molar-refractivity contribution in [2.24, 2.45) is 0 Å². The van der Waals surface area contributed by atoms with E-state index in [1.165, 1.54) is 18.5 Å². The summed E-state index contributed by atoms with van der Waals surface area (Å²) in [5, 5.41) is 3.89. The van der Waals surface area contributed by atoms with E-state index < -0.39 is 20.7 Å². The van der Waals surface area contributed by atoms with Gasteiger partial charge in [-0.1, -0.05) is 23.7 Å². The average Bonchev–Trinajstić information content (AvgIpc) is 3.45. The highest BCUT2D eigenvalue weighted by Crippen LogP contribution is 2.36. The summed E-state index contributed by atoms with van der Waals surface area (Å²) >= 11 is 6.49. The van der Waals surface area contributed by atoms with E-state index in [0.717, 1.165) is 0 Å². The minimum atomic E-state index is -3.22. The van der Waals surface area contributed by atoms with E-state index in [2.05, 4.69) is 20.3 Å². The van der Waals surface area contributed by atoms with Crippen LogP contribution >= 0.6 is 11.6 Å². The number of nitrogens with one attached hydrogen (secondary N) is 1. The van der Waals surface area contributed by atoms with Gasteiger partial charge in [0.15, 0.2) is 15.4 Å². The van der Waals surface area contributed by atoms with E-state index in [-0.39, 0.29) is 31.4 Å². The van der Waals surface area contributed by atoms with Crippen LogP contribution in [0.5, 0.6) is 5.75 Å². The highest BCUT2D eigenvalue weighted by atomic mass is 35.5. The molecular weight excluding hydrogens is 583 g/mol. The van der Waals surface area contributed by atoms with Crippen LogP contribution in [-0.4, -0.2) is 47.6 Å². The minimum absolute atomic E-state index is 0.0534. The third-order valence-corrected chi connectivity index (χ3v) is 9.34. The molecule has 1 aliphatic heterocycles. The van der Waals surface area contributed by atoms with Gasteiger partial charge in [0.05, 0.1) is 52.9 Å². The number of hydrogen-bond donors (Lipinski definition) is 1. The third-order valence-electron chi connectivity index (χ3n) is 6.87. The molecule has 0 amide bonds. The topological polar surface area (TPSA) is 113 Å². The van der Waals surface area contributed by atoms with Gasteiger partial charge in [-0.3, -0.25) is 4.98 Å². The fourth-order valence-corrected chi connectivity index (χ4v) is 5.43. The van der Waals surface area contributed by atoms with Crippen LogP contribution in [0.1, 0.15) is 31.5 Å². The van der Waals surface area contributed by atoms with Crippen LogP contribution in [0.15, 0.2) is 73.4 Å². The van der Waals surface area contributed by atoms with E-state index in [1.54, 1.807) is 56.6 Å². The SMILES string of the molecule is CC(C)S(=O)(=O)CCOCC1(c2cc3c(Nc4ccc(OCc5cccc(F)c5)c(Cl)c4)ncnc3cn2)CC=CO1. The maximum absolute atomic E-state index is 13.5. The van der Waals surface area contributed by atoms with Crippen LogP contribution in [0.25, 0.3) is 10.9 Å². The Balaban J connectivity index is 1.32. The predicted molar refractivity (Wildman–Crippen MR) is 159 cm³/mol. The lowest BCUT2D eigenvalue weighted by Crippen LogP contribution is -2.33. The van der Waals surface area contributed by atoms with Gasteiger partial charge in [-0.05, 0) is 61.9 Å². The molecule has 5 rings (SSSR count). The summed E-state index contributed by atoms with van der Waals surface area (Å²) in [4.78, 5) is 13.4. The molecule has 2 aromatic heterocycles. The highest BCUT2D eigenvalue weighted by Gasteiger charge is 2.38. The number of aromatic nitrogens is 3. The Morgan fingerprint density at radius 1 is 1.14 bits per heavy atom. The quantitative estimate of drug-likeness (QED) is 0.189. The zero-order valence-electron chi connectivity index (χ0n) is 23.1. The smallest absolute Gasteiger partial charge is 0.176 e. The Kier molecular flexibility index (Phi) is 8.91. The largest absolute Gasteiger partial charge is 0.487 e. The van der Waals surface area contributed by atoms with Crippen molar-refractivity contribution >= 4 is 43.8 Å². The number of fused-ring (bicyclic) bond motifs is 1. The minimum Gasteiger partial charge on any atom is -0.487 e. The van der Waals surface area contributed by atoms with Crippen LogP contribution in [0.2, 0.25) is 5.02 Å². The monoisotopic (exact) mass is 612 g/mol. The van der Waals surface area contributed by atoms with E-state index in [1.807, 2.05) is 12.1 Å². The first-order valence-electron chi connectivity index (χ1n) is 13.3. The molecule has 220 valence electrons. The normalized spacial score (nSPS) is 16.6. The van der Waals surface area contributed by atoms with Crippen molar-refractivity contribution in [1.29, 1.82) is 0 Å². The maximum Gasteiger partial charge on any atom is 0.176 e. The molecule has 1 unspecified atom stereocenters. The molecule has 1 N–H and O–H groups in total. The molecule has 1 aliphatic rings. The van der Waals surface area contributed by atoms with Gasteiger partial charge in [0, 0.05) is 17.5 Å². The second-order valence-corrected chi connectivity index (χ2v) is 13.2. The molecule has 3 heterocycles. The zero-order chi connectivity index (χ0) is 29.7. The van der Waals surface area contributed by atoms with Crippen molar-refractivity contribution < 1.29 is 27.0 Å². The Bertz CT molecular complexity index is 1710. The van der Waals surface area contributed by atoms with E-state index >= 15 is 0 Å². The molecule has 1 atom stereocenters. The second-order valence-electron chi connectivity index (χ2n) is 10.2. The first kappa shape index (κ1) is 29.7. The Morgan fingerprint density at radius 3 is 2.74 bits per heavy atom. The molecule has 2 aromatic carbocycles. The molecule has 4 aromatic rings. The first-order chi connectivity index (χ1) is 20.1. The Hall–Kier alpha value is -3.80. The molecule has 0 saturated heterocycles. The number of rotatable bonds is 12. The summed E-state index contributed by atoms with van der Waals surface area (Å²) in [5.74, 6) is 0.583. The number of halogens is 2. The number of ether oxygens (including phenoxy) is 3. The molecule has 0 aliphatic carbocycles. The molecule has 0 spiro atoms.